The van der Waals surface area contributed by atoms with Gasteiger partial charge in [-0.05, 0) is 31.2 Å². The average Bonchev–Trinajstić information content (AvgIpc) is 2.94. The molecule has 2 aromatic carbocycles. The number of benzene rings is 2. The Labute approximate surface area is 145 Å². The van der Waals surface area contributed by atoms with E-state index in [-0.39, 0.29) is 5.91 Å². The van der Waals surface area contributed by atoms with Gasteiger partial charge in [0.1, 0.15) is 17.2 Å². The normalized spacial score (nSPS) is 17.1. The Bertz CT molecular complexity index is 833. The number of methoxy groups -OCH3 is 2. The molecule has 7 heteroatoms. The predicted octanol–water partition coefficient (Wildman–Crippen LogP) is 3.58. The van der Waals surface area contributed by atoms with Gasteiger partial charge in [-0.3, -0.25) is 4.79 Å². The highest BCUT2D eigenvalue weighted by molar-refractivity contribution is 6.18. The molecule has 0 fully saturated rings. The zero-order chi connectivity index (χ0) is 17.8. The van der Waals surface area contributed by atoms with Crippen molar-refractivity contribution in [2.45, 2.75) is 13.0 Å². The van der Waals surface area contributed by atoms with Gasteiger partial charge in [-0.1, -0.05) is 18.2 Å². The molecule has 128 valence electrons. The Balaban J connectivity index is 1.83. The number of nitrogens with zero attached hydrogens (tertiary/aromatic N) is 4. The molecule has 1 amide bonds. The maximum Gasteiger partial charge on any atom is 0.280 e. The molecule has 0 aliphatic carbocycles. The first-order valence-corrected chi connectivity index (χ1v) is 7.71. The van der Waals surface area contributed by atoms with Crippen molar-refractivity contribution in [2.75, 3.05) is 19.2 Å². The first-order chi connectivity index (χ1) is 12.1. The van der Waals surface area contributed by atoms with Crippen LogP contribution < -0.4 is 14.5 Å². The zero-order valence-electron chi connectivity index (χ0n) is 14.2. The lowest BCUT2D eigenvalue weighted by Gasteiger charge is -2.12. The molecule has 1 atom stereocenters. The number of azo groups is 1. The van der Waals surface area contributed by atoms with Gasteiger partial charge >= 0.3 is 0 Å². The highest BCUT2D eigenvalue weighted by Gasteiger charge is 2.34. The van der Waals surface area contributed by atoms with Crippen LogP contribution in [0.1, 0.15) is 6.92 Å². The van der Waals surface area contributed by atoms with Gasteiger partial charge in [0.05, 0.1) is 25.6 Å². The van der Waals surface area contributed by atoms with Gasteiger partial charge in [-0.2, -0.15) is 20.3 Å². The predicted molar refractivity (Wildman–Crippen MR) is 94.9 cm³/mol. The molecule has 0 N–H and O–H groups in total. The third-order valence-corrected chi connectivity index (χ3v) is 3.76. The van der Waals surface area contributed by atoms with Gasteiger partial charge < -0.3 is 9.47 Å². The van der Waals surface area contributed by atoms with Crippen LogP contribution >= 0.6 is 0 Å². The molecule has 0 saturated heterocycles. The summed E-state index contributed by atoms with van der Waals surface area (Å²) in [6.07, 6.45) is 0. The van der Waals surface area contributed by atoms with Gasteiger partial charge in [0.2, 0.25) is 0 Å². The molecule has 25 heavy (non-hydrogen) atoms. The number of carbonyl (C=O) groups is 1. The Hall–Kier alpha value is -3.22. The minimum Gasteiger partial charge on any atom is -0.497 e. The minimum atomic E-state index is -0.744. The van der Waals surface area contributed by atoms with E-state index in [0.717, 1.165) is 0 Å². The SMILES string of the molecule is COc1ccc(N=NC2C(=O)N(c3ccccc3)N=C2C)c(OC)c1. The molecular formula is C18H18N4O3. The highest BCUT2D eigenvalue weighted by Crippen LogP contribution is 2.32. The third kappa shape index (κ3) is 3.35. The monoisotopic (exact) mass is 338 g/mol. The molecule has 3 rings (SSSR count). The molecule has 0 saturated carbocycles. The van der Waals surface area contributed by atoms with E-state index in [1.54, 1.807) is 39.3 Å². The quantitative estimate of drug-likeness (QED) is 0.782. The summed E-state index contributed by atoms with van der Waals surface area (Å²) in [5.41, 5.74) is 1.80. The fourth-order valence-electron chi connectivity index (χ4n) is 2.43. The van der Waals surface area contributed by atoms with E-state index in [0.29, 0.717) is 28.6 Å². The van der Waals surface area contributed by atoms with Crippen LogP contribution in [0.5, 0.6) is 11.5 Å². The molecule has 0 spiro atoms. The number of carbonyl (C=O) groups excluding carboxylic acids is 1. The van der Waals surface area contributed by atoms with E-state index in [2.05, 4.69) is 15.3 Å². The summed E-state index contributed by atoms with van der Waals surface area (Å²) >= 11 is 0. The van der Waals surface area contributed by atoms with Crippen molar-refractivity contribution in [1.82, 2.24) is 0 Å². The van der Waals surface area contributed by atoms with Crippen LogP contribution in [0.25, 0.3) is 0 Å². The molecule has 1 aliphatic heterocycles. The molecule has 1 aliphatic rings. The summed E-state index contributed by atoms with van der Waals surface area (Å²) in [6.45, 7) is 1.76. The Kier molecular flexibility index (Phi) is 4.74. The standard InChI is InChI=1S/C18H18N4O3/c1-12-17(18(23)22(21-12)13-7-5-4-6-8-13)20-19-15-10-9-14(24-2)11-16(15)25-3/h4-11,17H,1-3H3. The number of ether oxygens (including phenoxy) is 2. The lowest BCUT2D eigenvalue weighted by molar-refractivity contribution is -0.117. The lowest BCUT2D eigenvalue weighted by Crippen LogP contribution is -2.29. The second-order valence-electron chi connectivity index (χ2n) is 5.38. The van der Waals surface area contributed by atoms with E-state index in [4.69, 9.17) is 9.47 Å². The average molecular weight is 338 g/mol. The van der Waals surface area contributed by atoms with Crippen molar-refractivity contribution >= 4 is 23.0 Å². The number of hydrogen-bond acceptors (Lipinski definition) is 6. The zero-order valence-corrected chi connectivity index (χ0v) is 14.2. The van der Waals surface area contributed by atoms with E-state index in [1.807, 2.05) is 30.3 Å². The second kappa shape index (κ2) is 7.12. The number of para-hydroxylation sites is 1. The smallest absolute Gasteiger partial charge is 0.280 e. The van der Waals surface area contributed by atoms with Crippen molar-refractivity contribution < 1.29 is 14.3 Å². The van der Waals surface area contributed by atoms with Crippen LogP contribution in [0.4, 0.5) is 11.4 Å². The van der Waals surface area contributed by atoms with Gasteiger partial charge in [-0.15, -0.1) is 0 Å². The summed E-state index contributed by atoms with van der Waals surface area (Å²) in [6, 6.07) is 13.7. The van der Waals surface area contributed by atoms with Crippen molar-refractivity contribution in [2.24, 2.45) is 15.3 Å². The van der Waals surface area contributed by atoms with E-state index in [9.17, 15) is 4.79 Å². The fraction of sp³-hybridized carbons (Fsp3) is 0.222. The Morgan fingerprint density at radius 1 is 1.08 bits per heavy atom. The number of hydrogen-bond donors (Lipinski definition) is 0. The van der Waals surface area contributed by atoms with Gasteiger partial charge in [0.15, 0.2) is 6.04 Å². The number of anilines is 1. The van der Waals surface area contributed by atoms with E-state index >= 15 is 0 Å². The molecule has 0 aromatic heterocycles. The van der Waals surface area contributed by atoms with Crippen molar-refractivity contribution in [3.8, 4) is 11.5 Å². The molecule has 7 nitrogen and oxygen atoms in total. The molecular weight excluding hydrogens is 320 g/mol. The minimum absolute atomic E-state index is 0.236. The molecule has 1 unspecified atom stereocenters. The summed E-state index contributed by atoms with van der Waals surface area (Å²) < 4.78 is 10.4. The molecule has 0 bridgehead atoms. The summed E-state index contributed by atoms with van der Waals surface area (Å²) in [7, 11) is 3.11. The molecule has 0 radical (unpaired) electrons. The summed E-state index contributed by atoms with van der Waals surface area (Å²) in [4.78, 5) is 12.6. The maximum atomic E-state index is 12.6. The largest absolute Gasteiger partial charge is 0.497 e. The molecule has 1 heterocycles. The number of amides is 1. The van der Waals surface area contributed by atoms with Crippen LogP contribution in [0.3, 0.4) is 0 Å². The number of rotatable bonds is 5. The second-order valence-corrected chi connectivity index (χ2v) is 5.38. The van der Waals surface area contributed by atoms with Crippen molar-refractivity contribution in [3.63, 3.8) is 0 Å². The van der Waals surface area contributed by atoms with Crippen LogP contribution in [0.15, 0.2) is 63.9 Å². The van der Waals surface area contributed by atoms with Crippen molar-refractivity contribution in [1.29, 1.82) is 0 Å². The highest BCUT2D eigenvalue weighted by atomic mass is 16.5. The topological polar surface area (TPSA) is 75.9 Å². The van der Waals surface area contributed by atoms with Crippen LogP contribution in [-0.4, -0.2) is 31.9 Å². The molecule has 2 aromatic rings. The van der Waals surface area contributed by atoms with Crippen LogP contribution in [-0.2, 0) is 4.79 Å². The lowest BCUT2D eigenvalue weighted by atomic mass is 10.2. The van der Waals surface area contributed by atoms with Gasteiger partial charge in [-0.25, -0.2) is 0 Å². The van der Waals surface area contributed by atoms with Crippen molar-refractivity contribution in [3.05, 3.63) is 48.5 Å². The fourth-order valence-corrected chi connectivity index (χ4v) is 2.43. The van der Waals surface area contributed by atoms with Crippen LogP contribution in [0.2, 0.25) is 0 Å². The third-order valence-electron chi connectivity index (χ3n) is 3.76. The maximum absolute atomic E-state index is 12.6. The number of hydrazone groups is 1. The Morgan fingerprint density at radius 2 is 1.84 bits per heavy atom. The first-order valence-electron chi connectivity index (χ1n) is 7.71. The first kappa shape index (κ1) is 16.6. The van der Waals surface area contributed by atoms with E-state index < -0.39 is 6.04 Å². The summed E-state index contributed by atoms with van der Waals surface area (Å²) in [5, 5.41) is 14.0. The summed E-state index contributed by atoms with van der Waals surface area (Å²) in [5.74, 6) is 0.934. The van der Waals surface area contributed by atoms with E-state index in [1.165, 1.54) is 5.01 Å². The Morgan fingerprint density at radius 3 is 2.52 bits per heavy atom. The van der Waals surface area contributed by atoms with Gasteiger partial charge in [0, 0.05) is 6.07 Å². The van der Waals surface area contributed by atoms with Gasteiger partial charge in [0.25, 0.3) is 5.91 Å². The van der Waals surface area contributed by atoms with Crippen LogP contribution in [0, 0.1) is 0 Å².